The van der Waals surface area contributed by atoms with Crippen molar-refractivity contribution >= 4 is 21.6 Å². The van der Waals surface area contributed by atoms with Crippen LogP contribution in [0.1, 0.15) is 38.4 Å². The van der Waals surface area contributed by atoms with Crippen LogP contribution >= 0.6 is 15.9 Å². The van der Waals surface area contributed by atoms with Crippen LogP contribution < -0.4 is 10.9 Å². The number of hydrogen-bond donors (Lipinski definition) is 1. The zero-order valence-corrected chi connectivity index (χ0v) is 13.3. The monoisotopic (exact) mass is 336 g/mol. The highest BCUT2D eigenvalue weighted by molar-refractivity contribution is 9.10. The Balaban J connectivity index is 2.27. The minimum atomic E-state index is -0.136. The normalized spacial score (nSPS) is 12.4. The maximum absolute atomic E-state index is 12.2. The number of hydrogen-bond acceptors (Lipinski definition) is 4. The molecule has 2 heterocycles. The lowest BCUT2D eigenvalue weighted by Gasteiger charge is -2.17. The fourth-order valence-electron chi connectivity index (χ4n) is 1.86. The summed E-state index contributed by atoms with van der Waals surface area (Å²) in [5.74, 6) is 0. The summed E-state index contributed by atoms with van der Waals surface area (Å²) < 4.78 is 1.95. The second-order valence-electron chi connectivity index (χ2n) is 4.87. The Bertz CT molecular complexity index is 639. The molecule has 5 nitrogen and oxygen atoms in total. The van der Waals surface area contributed by atoms with E-state index in [1.165, 1.54) is 4.68 Å². The summed E-state index contributed by atoms with van der Waals surface area (Å²) in [7, 11) is 0. The summed E-state index contributed by atoms with van der Waals surface area (Å²) in [6.07, 6.45) is 5.20. The van der Waals surface area contributed by atoms with Crippen LogP contribution in [0.2, 0.25) is 0 Å². The van der Waals surface area contributed by atoms with Gasteiger partial charge in [0.15, 0.2) is 0 Å². The van der Waals surface area contributed by atoms with E-state index in [1.807, 2.05) is 32.9 Å². The molecule has 0 bridgehead atoms. The molecule has 0 fully saturated rings. The quantitative estimate of drug-likeness (QED) is 0.931. The molecule has 0 aliphatic rings. The Hall–Kier alpha value is -1.69. The van der Waals surface area contributed by atoms with Crippen LogP contribution in [-0.2, 0) is 0 Å². The smallest absolute Gasteiger partial charge is 0.283 e. The lowest BCUT2D eigenvalue weighted by Crippen LogP contribution is -2.26. The van der Waals surface area contributed by atoms with E-state index >= 15 is 0 Å². The summed E-state index contributed by atoms with van der Waals surface area (Å²) in [6.45, 7) is 5.86. The van der Waals surface area contributed by atoms with Gasteiger partial charge in [-0.15, -0.1) is 0 Å². The molecule has 2 aromatic heterocycles. The van der Waals surface area contributed by atoms with E-state index in [1.54, 1.807) is 18.6 Å². The highest BCUT2D eigenvalue weighted by atomic mass is 79.9. The standard InChI is InChI=1S/C14H17BrN4O/c1-9(2)19-14(20)13(15)12(8-17-19)18-10(3)11-5-4-6-16-7-11/h4-10,18H,1-3H3. The molecule has 6 heteroatoms. The van der Waals surface area contributed by atoms with E-state index in [2.05, 4.69) is 31.3 Å². The van der Waals surface area contributed by atoms with Crippen LogP contribution in [0.15, 0.2) is 40.0 Å². The first-order valence-corrected chi connectivity index (χ1v) is 7.23. The zero-order valence-electron chi connectivity index (χ0n) is 11.7. The highest BCUT2D eigenvalue weighted by Crippen LogP contribution is 2.23. The second kappa shape index (κ2) is 6.17. The molecule has 106 valence electrons. The predicted molar refractivity (Wildman–Crippen MR) is 82.9 cm³/mol. The third-order valence-corrected chi connectivity index (χ3v) is 3.76. The number of halogens is 1. The van der Waals surface area contributed by atoms with Gasteiger partial charge in [0.1, 0.15) is 4.47 Å². The van der Waals surface area contributed by atoms with E-state index in [4.69, 9.17) is 0 Å². The molecule has 2 aromatic rings. The summed E-state index contributed by atoms with van der Waals surface area (Å²) >= 11 is 3.35. The first-order chi connectivity index (χ1) is 9.50. The van der Waals surface area contributed by atoms with Gasteiger partial charge in [0.25, 0.3) is 5.56 Å². The van der Waals surface area contributed by atoms with Crippen LogP contribution in [0.25, 0.3) is 0 Å². The average molecular weight is 337 g/mol. The van der Waals surface area contributed by atoms with Crippen molar-refractivity contribution in [3.8, 4) is 0 Å². The molecule has 1 atom stereocenters. The SMILES string of the molecule is CC(Nc1cnn(C(C)C)c(=O)c1Br)c1cccnc1. The maximum atomic E-state index is 12.2. The van der Waals surface area contributed by atoms with E-state index in [0.717, 1.165) is 5.56 Å². The molecule has 0 aromatic carbocycles. The fourth-order valence-corrected chi connectivity index (χ4v) is 2.26. The molecular weight excluding hydrogens is 320 g/mol. The van der Waals surface area contributed by atoms with Crippen LogP contribution in [0.3, 0.4) is 0 Å². The summed E-state index contributed by atoms with van der Waals surface area (Å²) in [5, 5.41) is 7.45. The van der Waals surface area contributed by atoms with E-state index in [9.17, 15) is 4.79 Å². The fraction of sp³-hybridized carbons (Fsp3) is 0.357. The molecular formula is C14H17BrN4O. The van der Waals surface area contributed by atoms with Crippen molar-refractivity contribution in [1.82, 2.24) is 14.8 Å². The van der Waals surface area contributed by atoms with Crippen molar-refractivity contribution in [3.63, 3.8) is 0 Å². The molecule has 0 aliphatic heterocycles. The number of pyridine rings is 1. The van der Waals surface area contributed by atoms with Gasteiger partial charge in [0, 0.05) is 12.4 Å². The van der Waals surface area contributed by atoms with Gasteiger partial charge in [0.2, 0.25) is 0 Å². The molecule has 2 rings (SSSR count). The Morgan fingerprint density at radius 2 is 2.05 bits per heavy atom. The molecule has 1 N–H and O–H groups in total. The molecule has 1 unspecified atom stereocenters. The van der Waals surface area contributed by atoms with Gasteiger partial charge in [-0.25, -0.2) is 4.68 Å². The van der Waals surface area contributed by atoms with Gasteiger partial charge in [-0.2, -0.15) is 5.10 Å². The van der Waals surface area contributed by atoms with Crippen molar-refractivity contribution in [1.29, 1.82) is 0 Å². The maximum Gasteiger partial charge on any atom is 0.283 e. The Morgan fingerprint density at radius 3 is 2.65 bits per heavy atom. The second-order valence-corrected chi connectivity index (χ2v) is 5.66. The Kier molecular flexibility index (Phi) is 4.54. The van der Waals surface area contributed by atoms with Crippen molar-refractivity contribution in [2.75, 3.05) is 5.32 Å². The third kappa shape index (κ3) is 3.07. The highest BCUT2D eigenvalue weighted by Gasteiger charge is 2.13. The summed E-state index contributed by atoms with van der Waals surface area (Å²) in [4.78, 5) is 16.2. The lowest BCUT2D eigenvalue weighted by atomic mass is 10.1. The van der Waals surface area contributed by atoms with Crippen molar-refractivity contribution in [3.05, 3.63) is 51.1 Å². The molecule has 0 aliphatic carbocycles. The van der Waals surface area contributed by atoms with Gasteiger partial charge in [-0.1, -0.05) is 6.07 Å². The summed E-state index contributed by atoms with van der Waals surface area (Å²) in [6, 6.07) is 3.94. The van der Waals surface area contributed by atoms with Crippen LogP contribution in [0.5, 0.6) is 0 Å². The zero-order chi connectivity index (χ0) is 14.7. The molecule has 0 saturated carbocycles. The first-order valence-electron chi connectivity index (χ1n) is 6.44. The predicted octanol–water partition coefficient (Wildman–Crippen LogP) is 3.15. The Labute approximate surface area is 126 Å². The van der Waals surface area contributed by atoms with Crippen LogP contribution in [-0.4, -0.2) is 14.8 Å². The average Bonchev–Trinajstić information content (AvgIpc) is 2.44. The number of anilines is 1. The number of rotatable bonds is 4. The molecule has 0 spiro atoms. The number of nitrogens with one attached hydrogen (secondary N) is 1. The van der Waals surface area contributed by atoms with Crippen molar-refractivity contribution < 1.29 is 0 Å². The molecule has 0 radical (unpaired) electrons. The van der Waals surface area contributed by atoms with E-state index < -0.39 is 0 Å². The van der Waals surface area contributed by atoms with Gasteiger partial charge in [-0.3, -0.25) is 9.78 Å². The van der Waals surface area contributed by atoms with Gasteiger partial charge in [0.05, 0.1) is 24.0 Å². The Morgan fingerprint density at radius 1 is 1.30 bits per heavy atom. The first kappa shape index (κ1) is 14.7. The minimum absolute atomic E-state index is 0.0311. The van der Waals surface area contributed by atoms with Gasteiger partial charge in [-0.05, 0) is 48.3 Å². The lowest BCUT2D eigenvalue weighted by molar-refractivity contribution is 0.501. The van der Waals surface area contributed by atoms with E-state index in [-0.39, 0.29) is 17.6 Å². The minimum Gasteiger partial charge on any atom is -0.376 e. The number of nitrogens with zero attached hydrogens (tertiary/aromatic N) is 3. The topological polar surface area (TPSA) is 59.8 Å². The van der Waals surface area contributed by atoms with Crippen molar-refractivity contribution in [2.45, 2.75) is 32.9 Å². The summed E-state index contributed by atoms with van der Waals surface area (Å²) in [5.41, 5.74) is 1.60. The van der Waals surface area contributed by atoms with Gasteiger partial charge >= 0.3 is 0 Å². The molecule has 0 amide bonds. The number of aromatic nitrogens is 3. The molecule has 20 heavy (non-hydrogen) atoms. The largest absolute Gasteiger partial charge is 0.376 e. The van der Waals surface area contributed by atoms with Gasteiger partial charge < -0.3 is 5.32 Å². The van der Waals surface area contributed by atoms with Crippen LogP contribution in [0, 0.1) is 0 Å². The van der Waals surface area contributed by atoms with Crippen molar-refractivity contribution in [2.24, 2.45) is 0 Å². The third-order valence-electron chi connectivity index (χ3n) is 2.99. The van der Waals surface area contributed by atoms with E-state index in [0.29, 0.717) is 10.2 Å². The van der Waals surface area contributed by atoms with Crippen LogP contribution in [0.4, 0.5) is 5.69 Å². The molecule has 0 saturated heterocycles.